The number of carbonyl (C=O) groups is 1. The first-order valence-electron chi connectivity index (χ1n) is 12.3. The highest BCUT2D eigenvalue weighted by molar-refractivity contribution is 6.14. The van der Waals surface area contributed by atoms with Crippen LogP contribution in [0.4, 0.5) is 11.4 Å². The van der Waals surface area contributed by atoms with Crippen LogP contribution in [-0.4, -0.2) is 63.6 Å². The summed E-state index contributed by atoms with van der Waals surface area (Å²) < 4.78 is 0.776. The third kappa shape index (κ3) is 6.95. The fourth-order valence-electron chi connectivity index (χ4n) is 4.69. The molecule has 0 atom stereocenters. The number of quaternary nitrogens is 1. The van der Waals surface area contributed by atoms with Crippen LogP contribution in [0.5, 0.6) is 0 Å². The molecule has 2 aromatic rings. The van der Waals surface area contributed by atoms with Crippen LogP contribution in [0.2, 0.25) is 0 Å². The van der Waals surface area contributed by atoms with Crippen molar-refractivity contribution in [1.29, 1.82) is 0 Å². The van der Waals surface area contributed by atoms with Crippen LogP contribution < -0.4 is 33.8 Å². The number of hydrogen-bond donors (Lipinski definition) is 0. The highest BCUT2D eigenvalue weighted by Crippen LogP contribution is 2.26. The summed E-state index contributed by atoms with van der Waals surface area (Å²) in [6.45, 7) is 14.1. The Hall–Kier alpha value is -2.12. The Balaban J connectivity index is 0.00000408. The monoisotopic (exact) mass is 573 g/mol. The molecule has 3 rings (SSSR count). The van der Waals surface area contributed by atoms with Gasteiger partial charge in [-0.2, -0.15) is 0 Å². The molecular formula is C29H40IN3O. The molecule has 2 aromatic carbocycles. The Morgan fingerprint density at radius 1 is 0.676 bits per heavy atom. The van der Waals surface area contributed by atoms with Gasteiger partial charge < -0.3 is 38.3 Å². The SMILES string of the molecule is CCN(CC)c1ccc(/C=C2\C[N+](C)(C)C/C(=C\c3ccc(N(CC)CC)cc3)C2=O)cc1.[I-]. The quantitative estimate of drug-likeness (QED) is 0.276. The Morgan fingerprint density at radius 3 is 1.29 bits per heavy atom. The van der Waals surface area contributed by atoms with Crippen molar-refractivity contribution >= 4 is 29.3 Å². The molecule has 1 heterocycles. The topological polar surface area (TPSA) is 23.6 Å². The third-order valence-corrected chi connectivity index (χ3v) is 6.51. The van der Waals surface area contributed by atoms with Gasteiger partial charge in [-0.1, -0.05) is 24.3 Å². The predicted molar refractivity (Wildman–Crippen MR) is 143 cm³/mol. The molecule has 1 fully saturated rings. The zero-order valence-corrected chi connectivity index (χ0v) is 23.8. The lowest BCUT2D eigenvalue weighted by Crippen LogP contribution is -3.00. The van der Waals surface area contributed by atoms with Gasteiger partial charge in [0.15, 0.2) is 5.78 Å². The summed E-state index contributed by atoms with van der Waals surface area (Å²) in [5.74, 6) is 0.174. The molecule has 0 unspecified atom stereocenters. The van der Waals surface area contributed by atoms with Crippen molar-refractivity contribution in [2.24, 2.45) is 0 Å². The lowest BCUT2D eigenvalue weighted by molar-refractivity contribution is -0.881. The highest BCUT2D eigenvalue weighted by Gasteiger charge is 2.33. The molecule has 0 saturated carbocycles. The summed E-state index contributed by atoms with van der Waals surface area (Å²) in [5, 5.41) is 0. The largest absolute Gasteiger partial charge is 1.00 e. The van der Waals surface area contributed by atoms with E-state index in [2.05, 4.69) is 112 Å². The Morgan fingerprint density at radius 2 is 1.00 bits per heavy atom. The number of ketones is 1. The molecule has 0 bridgehead atoms. The van der Waals surface area contributed by atoms with E-state index in [-0.39, 0.29) is 29.8 Å². The molecule has 0 N–H and O–H groups in total. The molecule has 0 radical (unpaired) electrons. The van der Waals surface area contributed by atoms with Crippen LogP contribution in [0.3, 0.4) is 0 Å². The second-order valence-electron chi connectivity index (χ2n) is 9.45. The van der Waals surface area contributed by atoms with Gasteiger partial charge in [0, 0.05) is 37.6 Å². The van der Waals surface area contributed by atoms with Gasteiger partial charge in [-0.3, -0.25) is 4.79 Å². The number of piperidine rings is 1. The van der Waals surface area contributed by atoms with Gasteiger partial charge in [-0.25, -0.2) is 0 Å². The molecule has 5 heteroatoms. The lowest BCUT2D eigenvalue weighted by atomic mass is 9.93. The molecule has 0 amide bonds. The van der Waals surface area contributed by atoms with Crippen molar-refractivity contribution < 1.29 is 33.3 Å². The number of halogens is 1. The second kappa shape index (κ2) is 12.5. The number of nitrogens with zero attached hydrogens (tertiary/aromatic N) is 3. The van der Waals surface area contributed by atoms with Gasteiger partial charge in [0.2, 0.25) is 0 Å². The van der Waals surface area contributed by atoms with Gasteiger partial charge in [0.1, 0.15) is 13.1 Å². The summed E-state index contributed by atoms with van der Waals surface area (Å²) in [6, 6.07) is 17.1. The fourth-order valence-corrected chi connectivity index (χ4v) is 4.69. The van der Waals surface area contributed by atoms with Crippen molar-refractivity contribution in [3.8, 4) is 0 Å². The normalized spacial score (nSPS) is 17.5. The molecule has 34 heavy (non-hydrogen) atoms. The molecule has 1 aliphatic heterocycles. The highest BCUT2D eigenvalue weighted by atomic mass is 127. The summed E-state index contributed by atoms with van der Waals surface area (Å²) in [7, 11) is 4.39. The smallest absolute Gasteiger partial charge is 0.196 e. The Kier molecular flexibility index (Phi) is 10.4. The number of likely N-dealkylation sites (N-methyl/N-ethyl adjacent to an activating group) is 1. The maximum atomic E-state index is 13.4. The molecular weight excluding hydrogens is 533 g/mol. The van der Waals surface area contributed by atoms with Gasteiger partial charge >= 0.3 is 0 Å². The van der Waals surface area contributed by atoms with Crippen molar-refractivity contribution in [3.05, 3.63) is 70.8 Å². The van der Waals surface area contributed by atoms with E-state index >= 15 is 0 Å². The van der Waals surface area contributed by atoms with Crippen molar-refractivity contribution in [3.63, 3.8) is 0 Å². The van der Waals surface area contributed by atoms with E-state index in [9.17, 15) is 4.79 Å². The van der Waals surface area contributed by atoms with Crippen molar-refractivity contribution in [1.82, 2.24) is 0 Å². The van der Waals surface area contributed by atoms with Gasteiger partial charge in [0.25, 0.3) is 0 Å². The number of likely N-dealkylation sites (tertiary alicyclic amines) is 1. The molecule has 4 nitrogen and oxygen atoms in total. The number of anilines is 2. The summed E-state index contributed by atoms with van der Waals surface area (Å²) in [5.41, 5.74) is 6.38. The van der Waals surface area contributed by atoms with Gasteiger partial charge in [-0.05, 0) is 75.2 Å². The summed E-state index contributed by atoms with van der Waals surface area (Å²) in [6.07, 6.45) is 4.15. The maximum absolute atomic E-state index is 13.4. The molecule has 0 spiro atoms. The van der Waals surface area contributed by atoms with E-state index in [1.165, 1.54) is 11.4 Å². The third-order valence-electron chi connectivity index (χ3n) is 6.51. The molecule has 0 aromatic heterocycles. The van der Waals surface area contributed by atoms with E-state index in [0.29, 0.717) is 0 Å². The van der Waals surface area contributed by atoms with Crippen molar-refractivity contribution in [2.45, 2.75) is 27.7 Å². The minimum Gasteiger partial charge on any atom is -1.00 e. The molecule has 184 valence electrons. The second-order valence-corrected chi connectivity index (χ2v) is 9.45. The Labute approximate surface area is 223 Å². The van der Waals surface area contributed by atoms with E-state index in [1.807, 2.05) is 0 Å². The molecule has 0 aliphatic carbocycles. The minimum absolute atomic E-state index is 0. The zero-order valence-electron chi connectivity index (χ0n) is 21.6. The van der Waals surface area contributed by atoms with Crippen LogP contribution in [-0.2, 0) is 4.79 Å². The van der Waals surface area contributed by atoms with E-state index in [1.54, 1.807) is 0 Å². The average Bonchev–Trinajstić information content (AvgIpc) is 2.80. The first-order valence-corrected chi connectivity index (χ1v) is 12.3. The maximum Gasteiger partial charge on any atom is 0.196 e. The number of carbonyl (C=O) groups excluding carboxylic acids is 1. The van der Waals surface area contributed by atoms with Crippen molar-refractivity contribution in [2.75, 3.05) is 63.2 Å². The van der Waals surface area contributed by atoms with Crippen LogP contribution >= 0.6 is 0 Å². The minimum atomic E-state index is 0. The van der Waals surface area contributed by atoms with Crippen LogP contribution in [0, 0.1) is 0 Å². The fraction of sp³-hybridized carbons (Fsp3) is 0.414. The summed E-state index contributed by atoms with van der Waals surface area (Å²) >= 11 is 0. The number of Topliss-reactive ketones (excluding diaryl/α,β-unsaturated/α-hetero) is 1. The van der Waals surface area contributed by atoms with Gasteiger partial charge in [0.05, 0.1) is 25.2 Å². The van der Waals surface area contributed by atoms with Crippen LogP contribution in [0.1, 0.15) is 38.8 Å². The lowest BCUT2D eigenvalue weighted by Gasteiger charge is -2.35. The molecule has 1 aliphatic rings. The van der Waals surface area contributed by atoms with E-state index in [4.69, 9.17) is 0 Å². The average molecular weight is 574 g/mol. The standard InChI is InChI=1S/C29H40N3O.HI/c1-7-30(8-2)27-15-11-23(12-16-27)19-25-21-32(5,6)22-26(29(25)33)20-24-13-17-28(18-14-24)31(9-3)10-4;/h11-20H,7-10,21-22H2,1-6H3;1H/q+1;/p-1/b25-19+,26-20+;. The Bertz CT molecular complexity index is 919. The number of benzene rings is 2. The van der Waals surface area contributed by atoms with Gasteiger partial charge in [-0.15, -0.1) is 0 Å². The van der Waals surface area contributed by atoms with E-state index < -0.39 is 0 Å². The van der Waals surface area contributed by atoms with Crippen LogP contribution in [0.25, 0.3) is 12.2 Å². The first kappa shape index (κ1) is 28.1. The first-order chi connectivity index (χ1) is 15.8. The number of hydrogen-bond acceptors (Lipinski definition) is 3. The van der Waals surface area contributed by atoms with Crippen LogP contribution in [0.15, 0.2) is 59.7 Å². The molecule has 1 saturated heterocycles. The summed E-state index contributed by atoms with van der Waals surface area (Å²) in [4.78, 5) is 18.1. The number of rotatable bonds is 8. The zero-order chi connectivity index (χ0) is 24.0. The predicted octanol–water partition coefficient (Wildman–Crippen LogP) is 2.51. The van der Waals surface area contributed by atoms with E-state index in [0.717, 1.165) is 66.0 Å².